The SMILES string of the molecule is COCc1ccc(C(=O)NCCCOCCO)cc1. The second-order valence-corrected chi connectivity index (χ2v) is 4.08. The summed E-state index contributed by atoms with van der Waals surface area (Å²) >= 11 is 0. The molecule has 0 spiro atoms. The van der Waals surface area contributed by atoms with E-state index in [1.807, 2.05) is 12.1 Å². The zero-order valence-electron chi connectivity index (χ0n) is 11.2. The lowest BCUT2D eigenvalue weighted by Gasteiger charge is -2.06. The number of carbonyl (C=O) groups is 1. The first-order valence-electron chi connectivity index (χ1n) is 6.32. The highest BCUT2D eigenvalue weighted by Gasteiger charge is 2.04. The van der Waals surface area contributed by atoms with E-state index in [1.165, 1.54) is 0 Å². The standard InChI is InChI=1S/C14H21NO4/c1-18-11-12-3-5-13(6-4-12)14(17)15-7-2-9-19-10-8-16/h3-6,16H,2,7-11H2,1H3,(H,15,17). The minimum atomic E-state index is -0.0916. The Morgan fingerprint density at radius 1 is 1.26 bits per heavy atom. The molecule has 19 heavy (non-hydrogen) atoms. The maximum Gasteiger partial charge on any atom is 0.251 e. The molecular formula is C14H21NO4. The summed E-state index contributed by atoms with van der Waals surface area (Å²) in [5.41, 5.74) is 1.67. The number of methoxy groups -OCH3 is 1. The topological polar surface area (TPSA) is 67.8 Å². The molecule has 0 radical (unpaired) electrons. The van der Waals surface area contributed by atoms with Crippen LogP contribution in [0.4, 0.5) is 0 Å². The van der Waals surface area contributed by atoms with Crippen LogP contribution in [-0.2, 0) is 16.1 Å². The lowest BCUT2D eigenvalue weighted by Crippen LogP contribution is -2.25. The van der Waals surface area contributed by atoms with E-state index in [2.05, 4.69) is 5.32 Å². The van der Waals surface area contributed by atoms with E-state index in [0.29, 0.717) is 31.9 Å². The summed E-state index contributed by atoms with van der Waals surface area (Å²) < 4.78 is 10.1. The van der Waals surface area contributed by atoms with E-state index < -0.39 is 0 Å². The summed E-state index contributed by atoms with van der Waals surface area (Å²) in [5.74, 6) is -0.0916. The third-order valence-electron chi connectivity index (χ3n) is 2.51. The number of amides is 1. The van der Waals surface area contributed by atoms with Gasteiger partial charge in [0.2, 0.25) is 0 Å². The summed E-state index contributed by atoms with van der Waals surface area (Å²) in [5, 5.41) is 11.3. The summed E-state index contributed by atoms with van der Waals surface area (Å²) in [7, 11) is 1.64. The monoisotopic (exact) mass is 267 g/mol. The first kappa shape index (κ1) is 15.6. The van der Waals surface area contributed by atoms with Crippen molar-refractivity contribution in [1.82, 2.24) is 5.32 Å². The van der Waals surface area contributed by atoms with Gasteiger partial charge in [-0.3, -0.25) is 4.79 Å². The van der Waals surface area contributed by atoms with Crippen LogP contribution in [0.3, 0.4) is 0 Å². The van der Waals surface area contributed by atoms with E-state index in [-0.39, 0.29) is 12.5 Å². The molecule has 1 amide bonds. The van der Waals surface area contributed by atoms with Gasteiger partial charge in [-0.05, 0) is 24.1 Å². The van der Waals surface area contributed by atoms with Gasteiger partial charge in [-0.2, -0.15) is 0 Å². The number of aliphatic hydroxyl groups is 1. The van der Waals surface area contributed by atoms with Crippen LogP contribution in [0.5, 0.6) is 0 Å². The van der Waals surface area contributed by atoms with Gasteiger partial charge in [-0.15, -0.1) is 0 Å². The second-order valence-electron chi connectivity index (χ2n) is 4.08. The molecule has 0 saturated carbocycles. The van der Waals surface area contributed by atoms with Crippen LogP contribution >= 0.6 is 0 Å². The Kier molecular flexibility index (Phi) is 7.81. The smallest absolute Gasteiger partial charge is 0.251 e. The van der Waals surface area contributed by atoms with E-state index >= 15 is 0 Å². The number of benzene rings is 1. The van der Waals surface area contributed by atoms with Gasteiger partial charge in [0.05, 0.1) is 19.8 Å². The van der Waals surface area contributed by atoms with Crippen molar-refractivity contribution in [2.75, 3.05) is 33.5 Å². The summed E-state index contributed by atoms with van der Waals surface area (Å²) in [6, 6.07) is 7.32. The molecule has 1 aromatic rings. The molecule has 0 bridgehead atoms. The molecule has 5 heteroatoms. The van der Waals surface area contributed by atoms with Gasteiger partial charge in [-0.25, -0.2) is 0 Å². The lowest BCUT2D eigenvalue weighted by atomic mass is 10.1. The van der Waals surface area contributed by atoms with Gasteiger partial charge in [0.15, 0.2) is 0 Å². The van der Waals surface area contributed by atoms with Gasteiger partial charge in [0.1, 0.15) is 0 Å². The molecule has 0 aliphatic heterocycles. The predicted molar refractivity (Wildman–Crippen MR) is 72.0 cm³/mol. The average molecular weight is 267 g/mol. The van der Waals surface area contributed by atoms with Crippen LogP contribution < -0.4 is 5.32 Å². The first-order chi connectivity index (χ1) is 9.27. The maximum absolute atomic E-state index is 11.8. The highest BCUT2D eigenvalue weighted by molar-refractivity contribution is 5.94. The molecule has 5 nitrogen and oxygen atoms in total. The molecule has 2 N–H and O–H groups in total. The minimum absolute atomic E-state index is 0.0280. The molecule has 106 valence electrons. The second kappa shape index (κ2) is 9.49. The van der Waals surface area contributed by atoms with Crippen molar-refractivity contribution in [1.29, 1.82) is 0 Å². The van der Waals surface area contributed by atoms with Crippen molar-refractivity contribution < 1.29 is 19.4 Å². The number of carbonyl (C=O) groups excluding carboxylic acids is 1. The largest absolute Gasteiger partial charge is 0.394 e. The van der Waals surface area contributed by atoms with Gasteiger partial charge in [-0.1, -0.05) is 12.1 Å². The molecule has 1 aromatic carbocycles. The number of hydrogen-bond donors (Lipinski definition) is 2. The van der Waals surface area contributed by atoms with Crippen LogP contribution in [0.2, 0.25) is 0 Å². The van der Waals surface area contributed by atoms with Crippen molar-refractivity contribution >= 4 is 5.91 Å². The Morgan fingerprint density at radius 2 is 2.00 bits per heavy atom. The number of hydrogen-bond acceptors (Lipinski definition) is 4. The van der Waals surface area contributed by atoms with E-state index in [9.17, 15) is 4.79 Å². The van der Waals surface area contributed by atoms with Crippen molar-refractivity contribution in [3.63, 3.8) is 0 Å². The fourth-order valence-electron chi connectivity index (χ4n) is 1.56. The van der Waals surface area contributed by atoms with E-state index in [4.69, 9.17) is 14.6 Å². The molecule has 0 unspecified atom stereocenters. The molecule has 0 aliphatic carbocycles. The van der Waals surface area contributed by atoms with Crippen LogP contribution in [0.1, 0.15) is 22.3 Å². The van der Waals surface area contributed by atoms with Crippen molar-refractivity contribution in [3.05, 3.63) is 35.4 Å². The van der Waals surface area contributed by atoms with Crippen molar-refractivity contribution in [3.8, 4) is 0 Å². The highest BCUT2D eigenvalue weighted by atomic mass is 16.5. The number of rotatable bonds is 9. The third kappa shape index (κ3) is 6.33. The Balaban J connectivity index is 2.25. The van der Waals surface area contributed by atoms with Gasteiger partial charge in [0.25, 0.3) is 5.91 Å². The van der Waals surface area contributed by atoms with Crippen LogP contribution in [0.25, 0.3) is 0 Å². The highest BCUT2D eigenvalue weighted by Crippen LogP contribution is 2.05. The molecule has 0 heterocycles. The van der Waals surface area contributed by atoms with Gasteiger partial charge in [0, 0.05) is 25.8 Å². The van der Waals surface area contributed by atoms with E-state index in [0.717, 1.165) is 12.0 Å². The van der Waals surface area contributed by atoms with E-state index in [1.54, 1.807) is 19.2 Å². The number of aliphatic hydroxyl groups excluding tert-OH is 1. The molecule has 0 saturated heterocycles. The summed E-state index contributed by atoms with van der Waals surface area (Å²) in [6.07, 6.45) is 0.730. The van der Waals surface area contributed by atoms with Gasteiger partial charge < -0.3 is 19.9 Å². The zero-order valence-corrected chi connectivity index (χ0v) is 11.2. The Hall–Kier alpha value is -1.43. The molecule has 0 aromatic heterocycles. The maximum atomic E-state index is 11.8. The molecule has 1 rings (SSSR count). The minimum Gasteiger partial charge on any atom is -0.394 e. The van der Waals surface area contributed by atoms with Crippen molar-refractivity contribution in [2.45, 2.75) is 13.0 Å². The predicted octanol–water partition coefficient (Wildman–Crippen LogP) is 0.962. The van der Waals surface area contributed by atoms with Crippen LogP contribution in [0.15, 0.2) is 24.3 Å². The molecular weight excluding hydrogens is 246 g/mol. The molecule has 0 atom stereocenters. The Labute approximate surface area is 113 Å². The lowest BCUT2D eigenvalue weighted by molar-refractivity contribution is 0.0867. The average Bonchev–Trinajstić information content (AvgIpc) is 2.43. The summed E-state index contributed by atoms with van der Waals surface area (Å²) in [6.45, 7) is 2.01. The fourth-order valence-corrected chi connectivity index (χ4v) is 1.56. The van der Waals surface area contributed by atoms with Gasteiger partial charge >= 0.3 is 0 Å². The summed E-state index contributed by atoms with van der Waals surface area (Å²) in [4.78, 5) is 11.8. The first-order valence-corrected chi connectivity index (χ1v) is 6.32. The number of ether oxygens (including phenoxy) is 2. The third-order valence-corrected chi connectivity index (χ3v) is 2.51. The Bertz CT molecular complexity index is 364. The fraction of sp³-hybridized carbons (Fsp3) is 0.500. The van der Waals surface area contributed by atoms with Crippen LogP contribution in [0, 0.1) is 0 Å². The van der Waals surface area contributed by atoms with Crippen LogP contribution in [-0.4, -0.2) is 44.5 Å². The quantitative estimate of drug-likeness (QED) is 0.654. The molecule has 0 fully saturated rings. The molecule has 0 aliphatic rings. The van der Waals surface area contributed by atoms with Crippen molar-refractivity contribution in [2.24, 2.45) is 0 Å². The zero-order chi connectivity index (χ0) is 13.9. The number of nitrogens with one attached hydrogen (secondary N) is 1. The normalized spacial score (nSPS) is 10.4. The Morgan fingerprint density at radius 3 is 2.63 bits per heavy atom.